The van der Waals surface area contributed by atoms with Crippen molar-refractivity contribution in [3.63, 3.8) is 0 Å². The fourth-order valence-corrected chi connectivity index (χ4v) is 3.42. The van der Waals surface area contributed by atoms with E-state index in [9.17, 15) is 18.8 Å². The van der Waals surface area contributed by atoms with Crippen LogP contribution in [-0.2, 0) is 20.9 Å². The van der Waals surface area contributed by atoms with Crippen molar-refractivity contribution in [2.24, 2.45) is 0 Å². The second-order valence-electron chi connectivity index (χ2n) is 6.07. The number of nitrogens with zero attached hydrogens (tertiary/aromatic N) is 2. The summed E-state index contributed by atoms with van der Waals surface area (Å²) in [7, 11) is 1.23. The van der Waals surface area contributed by atoms with Crippen molar-refractivity contribution in [2.45, 2.75) is 11.7 Å². The first kappa shape index (κ1) is 20.5. The van der Waals surface area contributed by atoms with Gasteiger partial charge in [0, 0.05) is 0 Å². The minimum absolute atomic E-state index is 0.0365. The van der Waals surface area contributed by atoms with E-state index in [2.05, 4.69) is 15.0 Å². The molecule has 29 heavy (non-hydrogen) atoms. The molecular formula is C20H18FN3O4S. The Bertz CT molecular complexity index is 1100. The highest BCUT2D eigenvalue weighted by Gasteiger charge is 2.14. The summed E-state index contributed by atoms with van der Waals surface area (Å²) < 4.78 is 19.1. The van der Waals surface area contributed by atoms with E-state index in [4.69, 9.17) is 0 Å². The zero-order chi connectivity index (χ0) is 20.8. The van der Waals surface area contributed by atoms with E-state index in [-0.39, 0.29) is 30.2 Å². The highest BCUT2D eigenvalue weighted by atomic mass is 32.2. The third kappa shape index (κ3) is 5.20. The molecule has 150 valence electrons. The molecule has 0 bridgehead atoms. The normalized spacial score (nSPS) is 10.7. The van der Waals surface area contributed by atoms with Crippen LogP contribution in [0.15, 0.2) is 58.5 Å². The molecule has 7 nitrogen and oxygen atoms in total. The predicted octanol–water partition coefficient (Wildman–Crippen LogP) is 1.97. The van der Waals surface area contributed by atoms with Crippen LogP contribution in [0.25, 0.3) is 10.9 Å². The van der Waals surface area contributed by atoms with Gasteiger partial charge in [0.2, 0.25) is 5.91 Å². The molecule has 0 fully saturated rings. The molecule has 0 spiro atoms. The van der Waals surface area contributed by atoms with Gasteiger partial charge in [-0.25, -0.2) is 9.37 Å². The summed E-state index contributed by atoms with van der Waals surface area (Å²) in [6, 6.07) is 12.8. The number of amides is 1. The number of nitrogens with one attached hydrogen (secondary N) is 1. The molecule has 1 N–H and O–H groups in total. The van der Waals surface area contributed by atoms with Gasteiger partial charge < -0.3 is 10.1 Å². The monoisotopic (exact) mass is 415 g/mol. The Morgan fingerprint density at radius 2 is 1.90 bits per heavy atom. The van der Waals surface area contributed by atoms with Crippen molar-refractivity contribution < 1.29 is 18.7 Å². The fraction of sp³-hybridized carbons (Fsp3) is 0.200. The summed E-state index contributed by atoms with van der Waals surface area (Å²) in [4.78, 5) is 40.6. The number of para-hydroxylation sites is 1. The summed E-state index contributed by atoms with van der Waals surface area (Å²) in [5, 5.41) is 3.25. The van der Waals surface area contributed by atoms with E-state index >= 15 is 0 Å². The van der Waals surface area contributed by atoms with E-state index in [0.29, 0.717) is 16.1 Å². The summed E-state index contributed by atoms with van der Waals surface area (Å²) in [5.74, 6) is -1.35. The van der Waals surface area contributed by atoms with E-state index in [1.807, 2.05) is 0 Å². The number of aromatic nitrogens is 2. The summed E-state index contributed by atoms with van der Waals surface area (Å²) in [5.41, 5.74) is 0.991. The van der Waals surface area contributed by atoms with Gasteiger partial charge >= 0.3 is 5.97 Å². The molecule has 0 aliphatic carbocycles. The summed E-state index contributed by atoms with van der Waals surface area (Å²) in [6.45, 7) is -0.0491. The second-order valence-corrected chi connectivity index (χ2v) is 7.01. The lowest BCUT2D eigenvalue weighted by molar-refractivity contribution is -0.140. The molecule has 3 rings (SSSR count). The molecular weight excluding hydrogens is 397 g/mol. The van der Waals surface area contributed by atoms with Crippen LogP contribution in [0.3, 0.4) is 0 Å². The van der Waals surface area contributed by atoms with Crippen LogP contribution in [0.2, 0.25) is 0 Å². The van der Waals surface area contributed by atoms with Gasteiger partial charge in [-0.1, -0.05) is 36.0 Å². The quantitative estimate of drug-likeness (QED) is 0.361. The molecule has 1 aromatic heterocycles. The average Bonchev–Trinajstić information content (AvgIpc) is 2.74. The van der Waals surface area contributed by atoms with Crippen LogP contribution in [0, 0.1) is 5.82 Å². The SMILES string of the molecule is COC(=O)CNC(=O)CSc1nc2ccccc2c(=O)n1Cc1ccc(F)cc1. The molecule has 1 amide bonds. The van der Waals surface area contributed by atoms with Gasteiger partial charge in [0.05, 0.1) is 30.3 Å². The number of halogens is 1. The van der Waals surface area contributed by atoms with Gasteiger partial charge in [0.25, 0.3) is 5.56 Å². The van der Waals surface area contributed by atoms with E-state index < -0.39 is 11.9 Å². The van der Waals surface area contributed by atoms with Gasteiger partial charge in [0.1, 0.15) is 12.4 Å². The number of methoxy groups -OCH3 is 1. The molecule has 0 unspecified atom stereocenters. The lowest BCUT2D eigenvalue weighted by Gasteiger charge is -2.13. The Hall–Kier alpha value is -3.20. The second kappa shape index (κ2) is 9.33. The van der Waals surface area contributed by atoms with Crippen LogP contribution >= 0.6 is 11.8 Å². The summed E-state index contributed by atoms with van der Waals surface area (Å²) >= 11 is 1.08. The third-order valence-corrected chi connectivity index (χ3v) is 5.05. The average molecular weight is 415 g/mol. The minimum atomic E-state index is -0.555. The van der Waals surface area contributed by atoms with Crippen LogP contribution in [0.5, 0.6) is 0 Å². The maximum Gasteiger partial charge on any atom is 0.325 e. The molecule has 2 aromatic carbocycles. The number of thioether (sulfide) groups is 1. The van der Waals surface area contributed by atoms with E-state index in [1.165, 1.54) is 23.8 Å². The number of rotatable bonds is 7. The van der Waals surface area contributed by atoms with Crippen LogP contribution in [-0.4, -0.2) is 40.8 Å². The zero-order valence-corrected chi connectivity index (χ0v) is 16.4. The lowest BCUT2D eigenvalue weighted by atomic mass is 10.2. The molecule has 0 aliphatic heterocycles. The lowest BCUT2D eigenvalue weighted by Crippen LogP contribution is -2.32. The Morgan fingerprint density at radius 3 is 2.62 bits per heavy atom. The van der Waals surface area contributed by atoms with Crippen molar-refractivity contribution in [1.82, 2.24) is 14.9 Å². The Kier molecular flexibility index (Phi) is 6.61. The maximum absolute atomic E-state index is 13.2. The molecule has 0 saturated carbocycles. The van der Waals surface area contributed by atoms with Gasteiger partial charge in [-0.05, 0) is 29.8 Å². The molecule has 0 radical (unpaired) electrons. The fourth-order valence-electron chi connectivity index (χ4n) is 2.59. The van der Waals surface area contributed by atoms with Crippen molar-refractivity contribution in [1.29, 1.82) is 0 Å². The van der Waals surface area contributed by atoms with Crippen LogP contribution < -0.4 is 10.9 Å². The smallest absolute Gasteiger partial charge is 0.325 e. The van der Waals surface area contributed by atoms with Crippen molar-refractivity contribution >= 4 is 34.5 Å². The Morgan fingerprint density at radius 1 is 1.17 bits per heavy atom. The number of carbonyl (C=O) groups excluding carboxylic acids is 2. The molecule has 1 heterocycles. The third-order valence-electron chi connectivity index (χ3n) is 4.07. The highest BCUT2D eigenvalue weighted by molar-refractivity contribution is 7.99. The minimum Gasteiger partial charge on any atom is -0.468 e. The number of esters is 1. The first-order valence-electron chi connectivity index (χ1n) is 8.68. The number of hydrogen-bond donors (Lipinski definition) is 1. The topological polar surface area (TPSA) is 90.3 Å². The largest absolute Gasteiger partial charge is 0.468 e. The van der Waals surface area contributed by atoms with Gasteiger partial charge in [-0.3, -0.25) is 19.0 Å². The van der Waals surface area contributed by atoms with Gasteiger partial charge in [-0.15, -0.1) is 0 Å². The van der Waals surface area contributed by atoms with Gasteiger partial charge in [-0.2, -0.15) is 0 Å². The van der Waals surface area contributed by atoms with Crippen molar-refractivity contribution in [2.75, 3.05) is 19.4 Å². The Labute approximate surface area is 169 Å². The zero-order valence-electron chi connectivity index (χ0n) is 15.6. The van der Waals surface area contributed by atoms with Gasteiger partial charge in [0.15, 0.2) is 5.16 Å². The molecule has 0 aliphatic rings. The summed E-state index contributed by atoms with van der Waals surface area (Å²) in [6.07, 6.45) is 0. The molecule has 3 aromatic rings. The van der Waals surface area contributed by atoms with Crippen molar-refractivity contribution in [3.8, 4) is 0 Å². The van der Waals surface area contributed by atoms with E-state index in [1.54, 1.807) is 36.4 Å². The molecule has 0 saturated heterocycles. The predicted molar refractivity (Wildman–Crippen MR) is 107 cm³/mol. The van der Waals surface area contributed by atoms with E-state index in [0.717, 1.165) is 17.3 Å². The first-order chi connectivity index (χ1) is 14.0. The molecule has 9 heteroatoms. The number of carbonyl (C=O) groups is 2. The maximum atomic E-state index is 13.2. The Balaban J connectivity index is 1.87. The standard InChI is InChI=1S/C20H18FN3O4S/c1-28-18(26)10-22-17(25)12-29-20-23-16-5-3-2-4-15(16)19(27)24(20)11-13-6-8-14(21)9-7-13/h2-9H,10-12H2,1H3,(H,22,25). The number of fused-ring (bicyclic) bond motifs is 1. The number of hydrogen-bond acceptors (Lipinski definition) is 6. The van der Waals surface area contributed by atoms with Crippen molar-refractivity contribution in [3.05, 3.63) is 70.3 Å². The number of benzene rings is 2. The number of ether oxygens (including phenoxy) is 1. The van der Waals surface area contributed by atoms with Crippen LogP contribution in [0.4, 0.5) is 4.39 Å². The highest BCUT2D eigenvalue weighted by Crippen LogP contribution is 2.19. The first-order valence-corrected chi connectivity index (χ1v) is 9.67. The van der Waals surface area contributed by atoms with Crippen LogP contribution in [0.1, 0.15) is 5.56 Å². The molecule has 0 atom stereocenters.